The molecule has 1 aromatic heterocycles. The molecule has 2 fully saturated rings. The summed E-state index contributed by atoms with van der Waals surface area (Å²) in [6, 6.07) is 19.1. The Bertz CT molecular complexity index is 960. The predicted octanol–water partition coefficient (Wildman–Crippen LogP) is 5.87. The summed E-state index contributed by atoms with van der Waals surface area (Å²) in [4.78, 5) is 4.93. The van der Waals surface area contributed by atoms with E-state index in [0.29, 0.717) is 17.9 Å². The summed E-state index contributed by atoms with van der Waals surface area (Å²) in [5.41, 5.74) is 3.67. The van der Waals surface area contributed by atoms with E-state index in [9.17, 15) is 0 Å². The van der Waals surface area contributed by atoms with Crippen molar-refractivity contribution in [1.29, 1.82) is 0 Å². The SMILES string of the molecule is Cc1oc(-c2ccc(Cl)cc2)nc1C1(CN[C@H]2C[C@@H]2c2ccccc2)CCC1. The first-order valence-corrected chi connectivity index (χ1v) is 10.5. The molecular formula is C24H25ClN2O. The second-order valence-corrected chi connectivity index (χ2v) is 8.74. The van der Waals surface area contributed by atoms with Crippen LogP contribution in [0.25, 0.3) is 11.5 Å². The summed E-state index contributed by atoms with van der Waals surface area (Å²) in [5.74, 6) is 2.30. The lowest BCUT2D eigenvalue weighted by Crippen LogP contribution is -2.45. The fourth-order valence-electron chi connectivity index (χ4n) is 4.52. The molecule has 0 radical (unpaired) electrons. The Morgan fingerprint density at radius 1 is 1.11 bits per heavy atom. The van der Waals surface area contributed by atoms with Gasteiger partial charge in [-0.15, -0.1) is 0 Å². The third kappa shape index (κ3) is 3.27. The fourth-order valence-corrected chi connectivity index (χ4v) is 4.65. The number of benzene rings is 2. The molecular weight excluding hydrogens is 368 g/mol. The lowest BCUT2D eigenvalue weighted by molar-refractivity contribution is 0.224. The molecule has 2 saturated carbocycles. The topological polar surface area (TPSA) is 38.1 Å². The van der Waals surface area contributed by atoms with Crippen LogP contribution in [0.15, 0.2) is 59.0 Å². The number of nitrogens with zero attached hydrogens (tertiary/aromatic N) is 1. The second-order valence-electron chi connectivity index (χ2n) is 8.30. The molecule has 0 spiro atoms. The minimum absolute atomic E-state index is 0.113. The van der Waals surface area contributed by atoms with Gasteiger partial charge in [-0.3, -0.25) is 0 Å². The predicted molar refractivity (Wildman–Crippen MR) is 113 cm³/mol. The summed E-state index contributed by atoms with van der Waals surface area (Å²) in [6.07, 6.45) is 4.84. The summed E-state index contributed by atoms with van der Waals surface area (Å²) < 4.78 is 6.05. The molecule has 28 heavy (non-hydrogen) atoms. The van der Waals surface area contributed by atoms with Gasteiger partial charge in [-0.05, 0) is 56.0 Å². The fraction of sp³-hybridized carbons (Fsp3) is 0.375. The second kappa shape index (κ2) is 7.06. The third-order valence-corrected chi connectivity index (χ3v) is 6.67. The highest BCUT2D eigenvalue weighted by Gasteiger charge is 2.45. The largest absolute Gasteiger partial charge is 0.441 e. The summed E-state index contributed by atoms with van der Waals surface area (Å²) in [7, 11) is 0. The average Bonchev–Trinajstić information content (AvgIpc) is 3.36. The first-order chi connectivity index (χ1) is 13.6. The van der Waals surface area contributed by atoms with Gasteiger partial charge in [-0.1, -0.05) is 48.4 Å². The average molecular weight is 393 g/mol. The van der Waals surface area contributed by atoms with Crippen LogP contribution in [0.2, 0.25) is 5.02 Å². The zero-order valence-electron chi connectivity index (χ0n) is 16.1. The van der Waals surface area contributed by atoms with Gasteiger partial charge in [0.2, 0.25) is 5.89 Å². The number of hydrogen-bond donors (Lipinski definition) is 1. The maximum Gasteiger partial charge on any atom is 0.226 e. The number of aromatic nitrogens is 1. The van der Waals surface area contributed by atoms with E-state index in [-0.39, 0.29) is 5.41 Å². The molecule has 2 aliphatic carbocycles. The molecule has 5 rings (SSSR count). The van der Waals surface area contributed by atoms with E-state index in [1.807, 2.05) is 31.2 Å². The van der Waals surface area contributed by atoms with Crippen molar-refractivity contribution in [3.8, 4) is 11.5 Å². The van der Waals surface area contributed by atoms with Crippen molar-refractivity contribution < 1.29 is 4.42 Å². The zero-order valence-corrected chi connectivity index (χ0v) is 16.9. The van der Waals surface area contributed by atoms with Crippen LogP contribution < -0.4 is 5.32 Å². The van der Waals surface area contributed by atoms with Crippen LogP contribution in [0.4, 0.5) is 0 Å². The molecule has 2 aromatic carbocycles. The standard InChI is InChI=1S/C24H25ClN2O/c1-16-22(27-23(28-16)18-8-10-19(25)11-9-18)24(12-5-13-24)15-26-21-14-20(21)17-6-3-2-4-7-17/h2-4,6-11,20-21,26H,5,12-15H2,1H3/t20-,21+/m1/s1. The highest BCUT2D eigenvalue weighted by molar-refractivity contribution is 6.30. The van der Waals surface area contributed by atoms with Crippen molar-refractivity contribution in [1.82, 2.24) is 10.3 Å². The normalized spacial score (nSPS) is 22.6. The number of nitrogens with one attached hydrogen (secondary N) is 1. The minimum Gasteiger partial charge on any atom is -0.441 e. The maximum absolute atomic E-state index is 6.05. The molecule has 0 aliphatic heterocycles. The Balaban J connectivity index is 1.31. The van der Waals surface area contributed by atoms with Crippen LogP contribution in [-0.2, 0) is 5.41 Å². The Morgan fingerprint density at radius 2 is 1.86 bits per heavy atom. The van der Waals surface area contributed by atoms with E-state index in [1.165, 1.54) is 31.2 Å². The third-order valence-electron chi connectivity index (χ3n) is 6.42. The Hall–Kier alpha value is -2.10. The van der Waals surface area contributed by atoms with Gasteiger partial charge < -0.3 is 9.73 Å². The Labute approximate surface area is 171 Å². The van der Waals surface area contributed by atoms with Gasteiger partial charge in [0.1, 0.15) is 5.76 Å². The van der Waals surface area contributed by atoms with Crippen molar-refractivity contribution in [3.63, 3.8) is 0 Å². The van der Waals surface area contributed by atoms with Crippen LogP contribution in [0.1, 0.15) is 48.6 Å². The monoisotopic (exact) mass is 392 g/mol. The molecule has 0 saturated heterocycles. The van der Waals surface area contributed by atoms with Crippen LogP contribution >= 0.6 is 11.6 Å². The minimum atomic E-state index is 0.113. The maximum atomic E-state index is 6.05. The molecule has 0 bridgehead atoms. The molecule has 1 heterocycles. The van der Waals surface area contributed by atoms with Gasteiger partial charge in [0, 0.05) is 34.5 Å². The number of oxazole rings is 1. The first kappa shape index (κ1) is 18.0. The Morgan fingerprint density at radius 3 is 2.54 bits per heavy atom. The summed E-state index contributed by atoms with van der Waals surface area (Å²) in [6.45, 7) is 3.03. The van der Waals surface area contributed by atoms with Gasteiger partial charge in [-0.2, -0.15) is 0 Å². The lowest BCUT2D eigenvalue weighted by Gasteiger charge is -2.41. The molecule has 1 N–H and O–H groups in total. The highest BCUT2D eigenvalue weighted by Crippen LogP contribution is 2.47. The van der Waals surface area contributed by atoms with Crippen LogP contribution in [0, 0.1) is 6.92 Å². The van der Waals surface area contributed by atoms with Crippen molar-refractivity contribution in [2.24, 2.45) is 0 Å². The van der Waals surface area contributed by atoms with E-state index < -0.39 is 0 Å². The van der Waals surface area contributed by atoms with Crippen molar-refractivity contribution in [2.45, 2.75) is 50.0 Å². The zero-order chi connectivity index (χ0) is 19.1. The van der Waals surface area contributed by atoms with E-state index in [2.05, 4.69) is 35.6 Å². The molecule has 2 aliphatic rings. The molecule has 144 valence electrons. The summed E-state index contributed by atoms with van der Waals surface area (Å²) in [5, 5.41) is 4.56. The molecule has 3 aromatic rings. The molecule has 2 atom stereocenters. The lowest BCUT2D eigenvalue weighted by atomic mass is 9.66. The molecule has 3 nitrogen and oxygen atoms in total. The van der Waals surface area contributed by atoms with E-state index in [1.54, 1.807) is 0 Å². The smallest absolute Gasteiger partial charge is 0.226 e. The van der Waals surface area contributed by atoms with Crippen LogP contribution in [0.5, 0.6) is 0 Å². The number of rotatable bonds is 6. The number of aryl methyl sites for hydroxylation is 1. The van der Waals surface area contributed by atoms with Gasteiger partial charge in [-0.25, -0.2) is 4.98 Å². The van der Waals surface area contributed by atoms with E-state index in [4.69, 9.17) is 21.0 Å². The molecule has 0 unspecified atom stereocenters. The molecule has 4 heteroatoms. The van der Waals surface area contributed by atoms with Gasteiger partial charge in [0.05, 0.1) is 5.69 Å². The van der Waals surface area contributed by atoms with Crippen LogP contribution in [0.3, 0.4) is 0 Å². The Kier molecular flexibility index (Phi) is 4.53. The quantitative estimate of drug-likeness (QED) is 0.570. The van der Waals surface area contributed by atoms with Crippen molar-refractivity contribution in [2.75, 3.05) is 6.54 Å². The number of halogens is 1. The van der Waals surface area contributed by atoms with E-state index >= 15 is 0 Å². The number of hydrogen-bond acceptors (Lipinski definition) is 3. The van der Waals surface area contributed by atoms with Crippen molar-refractivity contribution in [3.05, 3.63) is 76.6 Å². The van der Waals surface area contributed by atoms with Gasteiger partial charge in [0.15, 0.2) is 0 Å². The first-order valence-electron chi connectivity index (χ1n) is 10.2. The summed E-state index contributed by atoms with van der Waals surface area (Å²) >= 11 is 6.01. The van der Waals surface area contributed by atoms with Crippen LogP contribution in [-0.4, -0.2) is 17.6 Å². The van der Waals surface area contributed by atoms with Gasteiger partial charge >= 0.3 is 0 Å². The van der Waals surface area contributed by atoms with Gasteiger partial charge in [0.25, 0.3) is 0 Å². The van der Waals surface area contributed by atoms with E-state index in [0.717, 1.165) is 28.6 Å². The highest BCUT2D eigenvalue weighted by atomic mass is 35.5. The molecule has 0 amide bonds. The van der Waals surface area contributed by atoms with Crippen molar-refractivity contribution >= 4 is 11.6 Å².